The third kappa shape index (κ3) is 3.25. The summed E-state index contributed by atoms with van der Waals surface area (Å²) in [6.45, 7) is 4.57. The minimum Gasteiger partial charge on any atom is -0.481 e. The van der Waals surface area contributed by atoms with Crippen LogP contribution in [-0.2, 0) is 4.79 Å². The molecule has 1 fully saturated rings. The summed E-state index contributed by atoms with van der Waals surface area (Å²) >= 11 is 1.25. The summed E-state index contributed by atoms with van der Waals surface area (Å²) in [5.74, 6) is -0.784. The van der Waals surface area contributed by atoms with Crippen LogP contribution in [0.15, 0.2) is 11.5 Å². The molecule has 0 aromatic carbocycles. The number of carboxylic acids is 1. The van der Waals surface area contributed by atoms with Crippen molar-refractivity contribution in [2.24, 2.45) is 5.41 Å². The first kappa shape index (κ1) is 13.4. The normalized spacial score (nSPS) is 22.9. The summed E-state index contributed by atoms with van der Waals surface area (Å²) < 4.78 is 2.05. The number of aliphatic carboxylic acids is 1. The molecule has 1 aliphatic carbocycles. The second-order valence-corrected chi connectivity index (χ2v) is 6.56. The van der Waals surface area contributed by atoms with Crippen molar-refractivity contribution in [1.82, 2.24) is 14.8 Å². The van der Waals surface area contributed by atoms with E-state index >= 15 is 0 Å². The lowest BCUT2D eigenvalue weighted by Crippen LogP contribution is -2.25. The predicted molar refractivity (Wildman–Crippen MR) is 69.7 cm³/mol. The Morgan fingerprint density at radius 2 is 2.44 bits per heavy atom. The Bertz CT molecular complexity index is 431. The van der Waals surface area contributed by atoms with Crippen LogP contribution in [0.25, 0.3) is 0 Å². The van der Waals surface area contributed by atoms with Gasteiger partial charge in [0.2, 0.25) is 0 Å². The van der Waals surface area contributed by atoms with E-state index in [1.165, 1.54) is 24.6 Å². The molecule has 0 spiro atoms. The molecule has 1 atom stereocenters. The van der Waals surface area contributed by atoms with Crippen molar-refractivity contribution in [2.75, 3.05) is 5.75 Å². The highest BCUT2D eigenvalue weighted by atomic mass is 32.2. The zero-order valence-corrected chi connectivity index (χ0v) is 11.6. The smallest absolute Gasteiger partial charge is 0.313 e. The second-order valence-electron chi connectivity index (χ2n) is 5.62. The number of aromatic nitrogens is 3. The molecular formula is C12H19N3O2S. The van der Waals surface area contributed by atoms with Crippen molar-refractivity contribution in [3.8, 4) is 0 Å². The lowest BCUT2D eigenvalue weighted by atomic mass is 9.75. The van der Waals surface area contributed by atoms with Gasteiger partial charge in [-0.05, 0) is 24.7 Å². The van der Waals surface area contributed by atoms with Crippen molar-refractivity contribution in [1.29, 1.82) is 0 Å². The van der Waals surface area contributed by atoms with Crippen molar-refractivity contribution in [2.45, 2.75) is 50.7 Å². The van der Waals surface area contributed by atoms with Crippen LogP contribution in [0.3, 0.4) is 0 Å². The maximum absolute atomic E-state index is 10.6. The highest BCUT2D eigenvalue weighted by Gasteiger charge is 2.30. The van der Waals surface area contributed by atoms with E-state index in [1.54, 1.807) is 6.33 Å². The van der Waals surface area contributed by atoms with Gasteiger partial charge in [0, 0.05) is 6.04 Å². The molecule has 0 radical (unpaired) electrons. The molecule has 1 saturated carbocycles. The van der Waals surface area contributed by atoms with Crippen LogP contribution in [0.5, 0.6) is 0 Å². The van der Waals surface area contributed by atoms with Crippen LogP contribution in [-0.4, -0.2) is 31.6 Å². The summed E-state index contributed by atoms with van der Waals surface area (Å²) in [5, 5.41) is 17.4. The van der Waals surface area contributed by atoms with Gasteiger partial charge in [0.25, 0.3) is 0 Å². The predicted octanol–water partition coefficient (Wildman–Crippen LogP) is 2.60. The fourth-order valence-corrected chi connectivity index (χ4v) is 3.31. The number of hydrogen-bond donors (Lipinski definition) is 1. The van der Waals surface area contributed by atoms with Gasteiger partial charge < -0.3 is 9.67 Å². The van der Waals surface area contributed by atoms with Gasteiger partial charge in [-0.1, -0.05) is 32.0 Å². The third-order valence-corrected chi connectivity index (χ3v) is 4.38. The summed E-state index contributed by atoms with van der Waals surface area (Å²) in [5.41, 5.74) is 0.349. The van der Waals surface area contributed by atoms with E-state index in [0.717, 1.165) is 18.0 Å². The lowest BCUT2D eigenvalue weighted by Gasteiger charge is -2.35. The monoisotopic (exact) mass is 269 g/mol. The first-order valence-corrected chi connectivity index (χ1v) is 7.21. The quantitative estimate of drug-likeness (QED) is 0.851. The molecule has 1 aliphatic rings. The Hall–Kier alpha value is -1.04. The molecule has 1 unspecified atom stereocenters. The van der Waals surface area contributed by atoms with Crippen LogP contribution in [0, 0.1) is 5.41 Å². The first-order chi connectivity index (χ1) is 8.48. The number of hydrogen-bond acceptors (Lipinski definition) is 4. The minimum absolute atomic E-state index is 0.0365. The average Bonchev–Trinajstić information content (AvgIpc) is 2.73. The third-order valence-electron chi connectivity index (χ3n) is 3.44. The van der Waals surface area contributed by atoms with Gasteiger partial charge in [-0.2, -0.15) is 0 Å². The van der Waals surface area contributed by atoms with Gasteiger partial charge in [0.05, 0.1) is 5.75 Å². The lowest BCUT2D eigenvalue weighted by molar-refractivity contribution is -0.133. The Kier molecular flexibility index (Phi) is 3.94. The van der Waals surface area contributed by atoms with Gasteiger partial charge in [0.15, 0.2) is 5.16 Å². The van der Waals surface area contributed by atoms with Gasteiger partial charge in [-0.25, -0.2) is 0 Å². The van der Waals surface area contributed by atoms with E-state index in [-0.39, 0.29) is 5.75 Å². The SMILES string of the molecule is CC1(C)CCCC(n2cnnc2SCC(=O)O)C1. The van der Waals surface area contributed by atoms with E-state index in [1.807, 2.05) is 0 Å². The highest BCUT2D eigenvalue weighted by molar-refractivity contribution is 7.99. The highest BCUT2D eigenvalue weighted by Crippen LogP contribution is 2.41. The first-order valence-electron chi connectivity index (χ1n) is 6.22. The van der Waals surface area contributed by atoms with Gasteiger partial charge in [0.1, 0.15) is 6.33 Å². The molecule has 6 heteroatoms. The van der Waals surface area contributed by atoms with Crippen LogP contribution < -0.4 is 0 Å². The van der Waals surface area contributed by atoms with Crippen molar-refractivity contribution in [3.05, 3.63) is 6.33 Å². The van der Waals surface area contributed by atoms with Gasteiger partial charge in [-0.3, -0.25) is 4.79 Å². The van der Waals surface area contributed by atoms with Crippen LogP contribution >= 0.6 is 11.8 Å². The van der Waals surface area contributed by atoms with Crippen LogP contribution in [0.2, 0.25) is 0 Å². The zero-order valence-electron chi connectivity index (χ0n) is 10.8. The van der Waals surface area contributed by atoms with E-state index < -0.39 is 5.97 Å². The maximum Gasteiger partial charge on any atom is 0.313 e. The Morgan fingerprint density at radius 1 is 1.67 bits per heavy atom. The largest absolute Gasteiger partial charge is 0.481 e. The molecule has 5 nitrogen and oxygen atoms in total. The Balaban J connectivity index is 2.08. The minimum atomic E-state index is -0.821. The van der Waals surface area contributed by atoms with Gasteiger partial charge in [-0.15, -0.1) is 10.2 Å². The molecule has 1 heterocycles. The van der Waals surface area contributed by atoms with E-state index in [0.29, 0.717) is 11.5 Å². The topological polar surface area (TPSA) is 68.0 Å². The molecular weight excluding hydrogens is 250 g/mol. The number of nitrogens with zero attached hydrogens (tertiary/aromatic N) is 3. The molecule has 0 amide bonds. The fraction of sp³-hybridized carbons (Fsp3) is 0.750. The number of carbonyl (C=O) groups is 1. The fourth-order valence-electron chi connectivity index (χ4n) is 2.61. The number of thioether (sulfide) groups is 1. The second kappa shape index (κ2) is 5.30. The molecule has 0 aliphatic heterocycles. The van der Waals surface area contributed by atoms with Crippen LogP contribution in [0.1, 0.15) is 45.6 Å². The average molecular weight is 269 g/mol. The van der Waals surface area contributed by atoms with Gasteiger partial charge >= 0.3 is 5.97 Å². The Morgan fingerprint density at radius 3 is 3.11 bits per heavy atom. The van der Waals surface area contributed by atoms with Crippen LogP contribution in [0.4, 0.5) is 0 Å². The molecule has 0 saturated heterocycles. The summed E-state index contributed by atoms with van der Waals surface area (Å²) in [4.78, 5) is 10.6. The Labute approximate surface area is 111 Å². The van der Waals surface area contributed by atoms with E-state index in [2.05, 4.69) is 28.6 Å². The maximum atomic E-state index is 10.6. The summed E-state index contributed by atoms with van der Waals surface area (Å²) in [7, 11) is 0. The van der Waals surface area contributed by atoms with E-state index in [4.69, 9.17) is 5.11 Å². The molecule has 1 N–H and O–H groups in total. The number of rotatable bonds is 4. The molecule has 1 aromatic heterocycles. The summed E-state index contributed by atoms with van der Waals surface area (Å²) in [6, 6.07) is 0.403. The standard InChI is InChI=1S/C12H19N3O2S/c1-12(2)5-3-4-9(6-12)15-8-13-14-11(15)18-7-10(16)17/h8-9H,3-7H2,1-2H3,(H,16,17). The number of carboxylic acid groups (broad SMARTS) is 1. The van der Waals surface area contributed by atoms with Crippen molar-refractivity contribution in [3.63, 3.8) is 0 Å². The molecule has 18 heavy (non-hydrogen) atoms. The summed E-state index contributed by atoms with van der Waals surface area (Å²) in [6.07, 6.45) is 6.42. The molecule has 1 aromatic rings. The van der Waals surface area contributed by atoms with Crippen molar-refractivity contribution < 1.29 is 9.90 Å². The molecule has 0 bridgehead atoms. The molecule has 2 rings (SSSR count). The van der Waals surface area contributed by atoms with Crippen molar-refractivity contribution >= 4 is 17.7 Å². The zero-order chi connectivity index (χ0) is 13.2. The van der Waals surface area contributed by atoms with E-state index in [9.17, 15) is 4.79 Å². The molecule has 100 valence electrons.